The van der Waals surface area contributed by atoms with Crippen molar-refractivity contribution in [1.29, 1.82) is 0 Å². The number of hydrogen-bond donors (Lipinski definition) is 0. The molecule has 0 heterocycles. The molecule has 0 aromatic carbocycles. The molecular formula is Br3Cs3. The van der Waals surface area contributed by atoms with Crippen LogP contribution in [0.4, 0.5) is 0 Å². The molecule has 0 aliphatic carbocycles. The maximum absolute atomic E-state index is 0. The molecule has 0 bridgehead atoms. The topological polar surface area (TPSA) is 0 Å². The van der Waals surface area contributed by atoms with Crippen LogP contribution in [0.2, 0.25) is 0 Å². The van der Waals surface area contributed by atoms with E-state index in [0.717, 1.165) is 0 Å². The van der Waals surface area contributed by atoms with Crippen molar-refractivity contribution in [3.63, 3.8) is 0 Å². The fourth-order valence-electron chi connectivity index (χ4n) is 0. The summed E-state index contributed by atoms with van der Waals surface area (Å²) in [6.07, 6.45) is 0. The average Bonchev–Trinajstić information content (AvgIpc) is 0. The van der Waals surface area contributed by atoms with Crippen LogP contribution in [0.15, 0.2) is 0 Å². The zero-order valence-electron chi connectivity index (χ0n) is 4.13. The van der Waals surface area contributed by atoms with Crippen LogP contribution in [0.5, 0.6) is 0 Å². The minimum absolute atomic E-state index is 0. The second-order valence-corrected chi connectivity index (χ2v) is 0. The predicted molar refractivity (Wildman–Crippen MR) is 0 cm³/mol. The van der Waals surface area contributed by atoms with Crippen molar-refractivity contribution in [1.82, 2.24) is 0 Å². The predicted octanol–water partition coefficient (Wildman–Crippen LogP) is -18.0. The van der Waals surface area contributed by atoms with Gasteiger partial charge in [0.05, 0.1) is 0 Å². The number of halogens is 3. The summed E-state index contributed by atoms with van der Waals surface area (Å²) in [5.41, 5.74) is 0. The van der Waals surface area contributed by atoms with Gasteiger partial charge in [-0.15, -0.1) is 0 Å². The summed E-state index contributed by atoms with van der Waals surface area (Å²) in [7, 11) is 0. The maximum atomic E-state index is 0. The summed E-state index contributed by atoms with van der Waals surface area (Å²) < 4.78 is 0. The van der Waals surface area contributed by atoms with Gasteiger partial charge in [-0.1, -0.05) is 0 Å². The monoisotopic (exact) mass is 635 g/mol. The van der Waals surface area contributed by atoms with Gasteiger partial charge in [0.1, 0.15) is 0 Å². The summed E-state index contributed by atoms with van der Waals surface area (Å²) in [6.45, 7) is 0. The first-order valence-corrected chi connectivity index (χ1v) is 0. The van der Waals surface area contributed by atoms with E-state index in [1.54, 1.807) is 0 Å². The Bertz CT molecular complexity index is 6.00. The molecule has 0 aromatic rings. The molecule has 6 heteroatoms. The van der Waals surface area contributed by atoms with E-state index in [1.807, 2.05) is 0 Å². The minimum Gasteiger partial charge on any atom is -1.00 e. The van der Waals surface area contributed by atoms with Gasteiger partial charge in [0.15, 0.2) is 0 Å². The molecule has 0 spiro atoms. The second-order valence-electron chi connectivity index (χ2n) is 0. The average molecular weight is 638 g/mol. The van der Waals surface area contributed by atoms with E-state index in [4.69, 9.17) is 0 Å². The summed E-state index contributed by atoms with van der Waals surface area (Å²) in [5, 5.41) is 0. The third-order valence-corrected chi connectivity index (χ3v) is 0. The molecule has 0 saturated heterocycles. The van der Waals surface area contributed by atoms with Gasteiger partial charge in [0.25, 0.3) is 0 Å². The van der Waals surface area contributed by atoms with Crippen molar-refractivity contribution in [3.05, 3.63) is 0 Å². The standard InChI is InChI=1S/3BrH.3Cs/h3*1H;;;/q;;;3*+1/p-3. The zero-order chi connectivity index (χ0) is 0. The molecule has 0 aliphatic rings. The van der Waals surface area contributed by atoms with E-state index in [1.165, 1.54) is 0 Å². The largest absolute Gasteiger partial charge is 1.00 e. The zero-order valence-corrected chi connectivity index (χ0v) is 27.7. The molecule has 0 rings (SSSR count). The quantitative estimate of drug-likeness (QED) is 0.248. The molecule has 0 N–H and O–H groups in total. The number of rotatable bonds is 0. The van der Waals surface area contributed by atoms with Gasteiger partial charge in [-0.2, -0.15) is 0 Å². The van der Waals surface area contributed by atoms with E-state index < -0.39 is 0 Å². The molecule has 24 valence electrons. The van der Waals surface area contributed by atoms with Gasteiger partial charge in [0, 0.05) is 0 Å². The Kier molecular flexibility index (Phi) is 183. The molecule has 0 aromatic heterocycles. The van der Waals surface area contributed by atoms with Crippen LogP contribution in [0.3, 0.4) is 0 Å². The molecule has 0 amide bonds. The molecule has 6 heavy (non-hydrogen) atoms. The Balaban J connectivity index is 0. The molecule has 0 unspecified atom stereocenters. The van der Waals surface area contributed by atoms with Crippen molar-refractivity contribution in [2.45, 2.75) is 0 Å². The van der Waals surface area contributed by atoms with Crippen LogP contribution in [-0.2, 0) is 0 Å². The van der Waals surface area contributed by atoms with E-state index >= 15 is 0 Å². The van der Waals surface area contributed by atoms with Crippen LogP contribution in [0, 0.1) is 0 Å². The molecule has 0 atom stereocenters. The number of hydrogen-bond acceptors (Lipinski definition) is 0. The summed E-state index contributed by atoms with van der Waals surface area (Å²) in [6, 6.07) is 0. The van der Waals surface area contributed by atoms with E-state index in [0.29, 0.717) is 0 Å². The fraction of sp³-hybridized carbons (Fsp3) is 0. The molecule has 0 saturated carbocycles. The first-order chi connectivity index (χ1) is 0. The SMILES string of the molecule is [Br-].[Br-].[Br-].[Cs+].[Cs+].[Cs+]. The Hall–Kier alpha value is 7.60. The molecule has 0 nitrogen and oxygen atoms in total. The van der Waals surface area contributed by atoms with Crippen molar-refractivity contribution >= 4 is 0 Å². The smallest absolute Gasteiger partial charge is 1.00 e. The van der Waals surface area contributed by atoms with Crippen molar-refractivity contribution < 1.29 is 258 Å². The van der Waals surface area contributed by atoms with E-state index in [9.17, 15) is 0 Å². The Labute approximate surface area is 247 Å². The normalized spacial score (nSPS) is 0. The molecule has 0 radical (unpaired) electrons. The maximum Gasteiger partial charge on any atom is 1.00 e. The van der Waals surface area contributed by atoms with Crippen molar-refractivity contribution in [2.24, 2.45) is 0 Å². The molecule has 0 aliphatic heterocycles. The van der Waals surface area contributed by atoms with E-state index in [2.05, 4.69) is 0 Å². The fourth-order valence-corrected chi connectivity index (χ4v) is 0. The molecule has 0 fully saturated rings. The van der Waals surface area contributed by atoms with Gasteiger partial charge >= 0.3 is 207 Å². The Morgan fingerprint density at radius 2 is 0.333 bits per heavy atom. The van der Waals surface area contributed by atoms with E-state index in [-0.39, 0.29) is 258 Å². The minimum atomic E-state index is 0. The Morgan fingerprint density at radius 1 is 0.333 bits per heavy atom. The first-order valence-electron chi connectivity index (χ1n) is 0. The van der Waals surface area contributed by atoms with Crippen LogP contribution >= 0.6 is 0 Å². The third kappa shape index (κ3) is 22.6. The van der Waals surface area contributed by atoms with Crippen LogP contribution in [-0.4, -0.2) is 0 Å². The summed E-state index contributed by atoms with van der Waals surface area (Å²) in [5.74, 6) is 0. The van der Waals surface area contributed by atoms with Gasteiger partial charge in [-0.3, -0.25) is 0 Å². The second kappa shape index (κ2) is 29.4. The van der Waals surface area contributed by atoms with Gasteiger partial charge in [-0.05, 0) is 0 Å². The van der Waals surface area contributed by atoms with Gasteiger partial charge in [0.2, 0.25) is 0 Å². The first kappa shape index (κ1) is 37.4. The van der Waals surface area contributed by atoms with Crippen LogP contribution in [0.25, 0.3) is 0 Å². The van der Waals surface area contributed by atoms with Crippen LogP contribution in [0.1, 0.15) is 0 Å². The Morgan fingerprint density at radius 3 is 0.333 bits per heavy atom. The van der Waals surface area contributed by atoms with Crippen LogP contribution < -0.4 is 258 Å². The molecular weight excluding hydrogens is 638 g/mol. The van der Waals surface area contributed by atoms with Crippen molar-refractivity contribution in [2.75, 3.05) is 0 Å². The third-order valence-electron chi connectivity index (χ3n) is 0. The van der Waals surface area contributed by atoms with Gasteiger partial charge in [-0.25, -0.2) is 0 Å². The van der Waals surface area contributed by atoms with Gasteiger partial charge < -0.3 is 50.9 Å². The summed E-state index contributed by atoms with van der Waals surface area (Å²) in [4.78, 5) is 0. The summed E-state index contributed by atoms with van der Waals surface area (Å²) >= 11 is 0. The van der Waals surface area contributed by atoms with Crippen molar-refractivity contribution in [3.8, 4) is 0 Å².